The van der Waals surface area contributed by atoms with E-state index in [1.165, 1.54) is 29.3 Å². The van der Waals surface area contributed by atoms with Gasteiger partial charge in [0, 0.05) is 43.2 Å². The van der Waals surface area contributed by atoms with Crippen molar-refractivity contribution < 1.29 is 0 Å². The molecule has 2 aromatic heterocycles. The molecule has 1 N–H and O–H groups in total. The second-order valence-corrected chi connectivity index (χ2v) is 5.83. The molecule has 1 saturated carbocycles. The van der Waals surface area contributed by atoms with Gasteiger partial charge in [-0.05, 0) is 42.0 Å². The predicted octanol–water partition coefficient (Wildman–Crippen LogP) is 2.79. The van der Waals surface area contributed by atoms with Gasteiger partial charge in [0.2, 0.25) is 0 Å². The van der Waals surface area contributed by atoms with Crippen LogP contribution in [-0.4, -0.2) is 20.4 Å². The van der Waals surface area contributed by atoms with Gasteiger partial charge in [0.05, 0.1) is 6.54 Å². The number of nitrogens with zero attached hydrogens (tertiary/aromatic N) is 3. The van der Waals surface area contributed by atoms with Crippen molar-refractivity contribution in [3.8, 4) is 0 Å². The molecule has 0 saturated heterocycles. The fourth-order valence-electron chi connectivity index (χ4n) is 2.73. The van der Waals surface area contributed by atoms with Gasteiger partial charge in [-0.15, -0.1) is 0 Å². The van der Waals surface area contributed by atoms with Crippen LogP contribution in [0.1, 0.15) is 18.4 Å². The van der Waals surface area contributed by atoms with Gasteiger partial charge >= 0.3 is 0 Å². The van der Waals surface area contributed by atoms with Crippen molar-refractivity contribution in [2.75, 3.05) is 0 Å². The summed E-state index contributed by atoms with van der Waals surface area (Å²) in [6.07, 6.45) is 8.68. The molecule has 0 radical (unpaired) electrons. The summed E-state index contributed by atoms with van der Waals surface area (Å²) in [6.45, 7) is 2.83. The fourth-order valence-corrected chi connectivity index (χ4v) is 2.73. The van der Waals surface area contributed by atoms with Crippen LogP contribution in [-0.2, 0) is 19.6 Å². The Kier molecular flexibility index (Phi) is 3.24. The molecule has 0 aliphatic heterocycles. The van der Waals surface area contributed by atoms with E-state index in [1.807, 2.05) is 23.1 Å². The Morgan fingerprint density at radius 3 is 2.90 bits per heavy atom. The number of nitrogens with one attached hydrogen (secondary N) is 1. The molecule has 3 aromatic rings. The first-order valence-corrected chi connectivity index (χ1v) is 7.67. The molecule has 108 valence electrons. The van der Waals surface area contributed by atoms with E-state index in [1.54, 1.807) is 0 Å². The van der Waals surface area contributed by atoms with Crippen LogP contribution < -0.4 is 5.32 Å². The van der Waals surface area contributed by atoms with Gasteiger partial charge < -0.3 is 9.88 Å². The van der Waals surface area contributed by atoms with Crippen LogP contribution in [0.5, 0.6) is 0 Å². The van der Waals surface area contributed by atoms with Crippen molar-refractivity contribution in [3.63, 3.8) is 0 Å². The van der Waals surface area contributed by atoms with Crippen molar-refractivity contribution in [1.29, 1.82) is 0 Å². The Hall–Kier alpha value is -2.07. The second-order valence-electron chi connectivity index (χ2n) is 5.83. The van der Waals surface area contributed by atoms with E-state index in [-0.39, 0.29) is 0 Å². The molecule has 4 rings (SSSR count). The summed E-state index contributed by atoms with van der Waals surface area (Å²) in [5, 5.41) is 9.15. The molecule has 0 amide bonds. The first-order chi connectivity index (χ1) is 10.4. The Labute approximate surface area is 124 Å². The number of aryl methyl sites for hydroxylation is 2. The average molecular weight is 280 g/mol. The summed E-state index contributed by atoms with van der Waals surface area (Å²) >= 11 is 0. The normalized spacial score (nSPS) is 14.9. The van der Waals surface area contributed by atoms with E-state index in [0.717, 1.165) is 25.7 Å². The molecule has 0 atom stereocenters. The van der Waals surface area contributed by atoms with E-state index in [4.69, 9.17) is 0 Å². The van der Waals surface area contributed by atoms with Crippen LogP contribution >= 0.6 is 0 Å². The van der Waals surface area contributed by atoms with Gasteiger partial charge in [-0.3, -0.25) is 4.68 Å². The van der Waals surface area contributed by atoms with Crippen molar-refractivity contribution in [1.82, 2.24) is 19.7 Å². The van der Waals surface area contributed by atoms with E-state index >= 15 is 0 Å². The number of fused-ring (bicyclic) bond motifs is 1. The number of rotatable bonds is 6. The molecule has 4 heteroatoms. The number of hydrogen-bond donors (Lipinski definition) is 1. The largest absolute Gasteiger partial charge is 0.346 e. The Morgan fingerprint density at radius 2 is 2.10 bits per heavy atom. The van der Waals surface area contributed by atoms with Crippen molar-refractivity contribution in [3.05, 3.63) is 54.5 Å². The van der Waals surface area contributed by atoms with Crippen LogP contribution in [0.3, 0.4) is 0 Å². The maximum Gasteiger partial charge on any atom is 0.0588 e. The van der Waals surface area contributed by atoms with Gasteiger partial charge in [-0.1, -0.05) is 12.1 Å². The lowest BCUT2D eigenvalue weighted by molar-refractivity contribution is 0.543. The van der Waals surface area contributed by atoms with Gasteiger partial charge in [-0.25, -0.2) is 0 Å². The molecule has 21 heavy (non-hydrogen) atoms. The van der Waals surface area contributed by atoms with Gasteiger partial charge in [0.15, 0.2) is 0 Å². The summed E-state index contributed by atoms with van der Waals surface area (Å²) in [4.78, 5) is 0. The first-order valence-electron chi connectivity index (χ1n) is 7.67. The molecule has 1 aliphatic rings. The van der Waals surface area contributed by atoms with Crippen LogP contribution in [0.15, 0.2) is 48.9 Å². The second kappa shape index (κ2) is 5.37. The highest BCUT2D eigenvalue weighted by Crippen LogP contribution is 2.21. The Balaban J connectivity index is 1.51. The quantitative estimate of drug-likeness (QED) is 0.753. The highest BCUT2D eigenvalue weighted by atomic mass is 15.3. The minimum Gasteiger partial charge on any atom is -0.346 e. The molecular weight excluding hydrogens is 260 g/mol. The summed E-state index contributed by atoms with van der Waals surface area (Å²) in [5.74, 6) is 0. The maximum atomic E-state index is 4.26. The number of aromatic nitrogens is 3. The molecule has 1 fully saturated rings. The van der Waals surface area contributed by atoms with Crippen LogP contribution in [0, 0.1) is 0 Å². The third kappa shape index (κ3) is 2.85. The van der Waals surface area contributed by atoms with E-state index < -0.39 is 0 Å². The topological polar surface area (TPSA) is 34.8 Å². The molecular formula is C17H20N4. The first kappa shape index (κ1) is 12.7. The molecule has 0 unspecified atom stereocenters. The van der Waals surface area contributed by atoms with Crippen molar-refractivity contribution in [2.24, 2.45) is 0 Å². The zero-order valence-electron chi connectivity index (χ0n) is 12.1. The van der Waals surface area contributed by atoms with Crippen molar-refractivity contribution >= 4 is 10.9 Å². The molecule has 1 aliphatic carbocycles. The molecule has 0 spiro atoms. The van der Waals surface area contributed by atoms with E-state index in [0.29, 0.717) is 0 Å². The monoisotopic (exact) mass is 280 g/mol. The fraction of sp³-hybridized carbons (Fsp3) is 0.353. The molecule has 2 heterocycles. The van der Waals surface area contributed by atoms with E-state index in [9.17, 15) is 0 Å². The van der Waals surface area contributed by atoms with Gasteiger partial charge in [0.25, 0.3) is 0 Å². The summed E-state index contributed by atoms with van der Waals surface area (Å²) in [6, 6.07) is 11.7. The van der Waals surface area contributed by atoms with Crippen LogP contribution in [0.25, 0.3) is 10.9 Å². The van der Waals surface area contributed by atoms with E-state index in [2.05, 4.69) is 45.4 Å². The smallest absolute Gasteiger partial charge is 0.0588 e. The Bertz CT molecular complexity index is 722. The number of hydrogen-bond acceptors (Lipinski definition) is 2. The summed E-state index contributed by atoms with van der Waals surface area (Å²) < 4.78 is 4.29. The number of benzene rings is 1. The molecule has 1 aromatic carbocycles. The Morgan fingerprint density at radius 1 is 1.14 bits per heavy atom. The standard InChI is InChI=1S/C17H20N4/c1-7-19-21(8-1)11-10-20-9-6-15-3-2-14(12-17(15)20)13-18-16-4-5-16/h1-3,6-9,12,16,18H,4-5,10-11,13H2. The SMILES string of the molecule is c1cnn(CCn2ccc3ccc(CNC4CC4)cc32)c1. The third-order valence-corrected chi connectivity index (χ3v) is 4.14. The predicted molar refractivity (Wildman–Crippen MR) is 84.0 cm³/mol. The lowest BCUT2D eigenvalue weighted by atomic mass is 10.1. The lowest BCUT2D eigenvalue weighted by Crippen LogP contribution is -2.15. The minimum atomic E-state index is 0.757. The lowest BCUT2D eigenvalue weighted by Gasteiger charge is -2.08. The molecule has 4 nitrogen and oxygen atoms in total. The minimum absolute atomic E-state index is 0.757. The zero-order chi connectivity index (χ0) is 14.1. The highest BCUT2D eigenvalue weighted by Gasteiger charge is 2.19. The maximum absolute atomic E-state index is 4.26. The summed E-state index contributed by atoms with van der Waals surface area (Å²) in [5.41, 5.74) is 2.69. The average Bonchev–Trinajstić information content (AvgIpc) is 3.03. The van der Waals surface area contributed by atoms with Crippen LogP contribution in [0.2, 0.25) is 0 Å². The third-order valence-electron chi connectivity index (χ3n) is 4.14. The zero-order valence-corrected chi connectivity index (χ0v) is 12.1. The summed E-state index contributed by atoms with van der Waals surface area (Å²) in [7, 11) is 0. The van der Waals surface area contributed by atoms with Crippen molar-refractivity contribution in [2.45, 2.75) is 38.5 Å². The molecule has 0 bridgehead atoms. The van der Waals surface area contributed by atoms with Crippen LogP contribution in [0.4, 0.5) is 0 Å². The highest BCUT2D eigenvalue weighted by molar-refractivity contribution is 5.80. The van der Waals surface area contributed by atoms with Gasteiger partial charge in [0.1, 0.15) is 0 Å². The van der Waals surface area contributed by atoms with Gasteiger partial charge in [-0.2, -0.15) is 5.10 Å².